The SMILES string of the molecule is COc1ccc(CCNC(=O)C2(N)CCCCC2)cc1OC. The van der Waals surface area contributed by atoms with Crippen molar-refractivity contribution in [2.75, 3.05) is 20.8 Å². The van der Waals surface area contributed by atoms with Gasteiger partial charge in [-0.3, -0.25) is 4.79 Å². The molecule has 0 aromatic heterocycles. The van der Waals surface area contributed by atoms with Gasteiger partial charge in [0.1, 0.15) is 0 Å². The molecule has 0 saturated heterocycles. The monoisotopic (exact) mass is 306 g/mol. The van der Waals surface area contributed by atoms with Crippen molar-refractivity contribution in [2.24, 2.45) is 5.73 Å². The molecule has 1 aromatic rings. The first-order valence-corrected chi connectivity index (χ1v) is 7.87. The van der Waals surface area contributed by atoms with Gasteiger partial charge in [0.25, 0.3) is 0 Å². The minimum Gasteiger partial charge on any atom is -0.493 e. The van der Waals surface area contributed by atoms with E-state index in [2.05, 4.69) is 5.32 Å². The molecule has 3 N–H and O–H groups in total. The van der Waals surface area contributed by atoms with Crippen LogP contribution in [0.4, 0.5) is 0 Å². The van der Waals surface area contributed by atoms with E-state index in [1.54, 1.807) is 14.2 Å². The highest BCUT2D eigenvalue weighted by Gasteiger charge is 2.34. The van der Waals surface area contributed by atoms with Crippen LogP contribution in [0.3, 0.4) is 0 Å². The van der Waals surface area contributed by atoms with Crippen molar-refractivity contribution in [1.82, 2.24) is 5.32 Å². The number of nitrogens with one attached hydrogen (secondary N) is 1. The average molecular weight is 306 g/mol. The fourth-order valence-electron chi connectivity index (χ4n) is 2.94. The van der Waals surface area contributed by atoms with Gasteiger partial charge in [0.15, 0.2) is 11.5 Å². The molecule has 1 aromatic carbocycles. The van der Waals surface area contributed by atoms with Gasteiger partial charge in [0.05, 0.1) is 19.8 Å². The molecule has 0 atom stereocenters. The number of ether oxygens (including phenoxy) is 2. The predicted molar refractivity (Wildman–Crippen MR) is 86.3 cm³/mol. The van der Waals surface area contributed by atoms with E-state index in [0.717, 1.165) is 37.7 Å². The molecule has 1 amide bonds. The van der Waals surface area contributed by atoms with Crippen molar-refractivity contribution < 1.29 is 14.3 Å². The first-order chi connectivity index (χ1) is 10.6. The van der Waals surface area contributed by atoms with Gasteiger partial charge < -0.3 is 20.5 Å². The maximum atomic E-state index is 12.3. The molecule has 1 aliphatic carbocycles. The van der Waals surface area contributed by atoms with E-state index in [1.807, 2.05) is 18.2 Å². The first-order valence-electron chi connectivity index (χ1n) is 7.87. The van der Waals surface area contributed by atoms with Crippen LogP contribution in [0, 0.1) is 0 Å². The number of amides is 1. The zero-order chi connectivity index (χ0) is 16.0. The molecule has 1 saturated carbocycles. The van der Waals surface area contributed by atoms with E-state index in [9.17, 15) is 4.79 Å². The van der Waals surface area contributed by atoms with Gasteiger partial charge in [-0.15, -0.1) is 0 Å². The van der Waals surface area contributed by atoms with E-state index in [-0.39, 0.29) is 5.91 Å². The molecule has 0 bridgehead atoms. The molecule has 0 radical (unpaired) electrons. The van der Waals surface area contributed by atoms with Crippen LogP contribution in [0.5, 0.6) is 11.5 Å². The molecule has 0 unspecified atom stereocenters. The van der Waals surface area contributed by atoms with E-state index >= 15 is 0 Å². The summed E-state index contributed by atoms with van der Waals surface area (Å²) in [6.07, 6.45) is 5.57. The summed E-state index contributed by atoms with van der Waals surface area (Å²) >= 11 is 0. The standard InChI is InChI=1S/C17H26N2O3/c1-21-14-7-6-13(12-15(14)22-2)8-11-19-16(20)17(18)9-4-3-5-10-17/h6-7,12H,3-5,8-11,18H2,1-2H3,(H,19,20). The van der Waals surface area contributed by atoms with Gasteiger partial charge >= 0.3 is 0 Å². The summed E-state index contributed by atoms with van der Waals surface area (Å²) in [7, 11) is 3.23. The minimum absolute atomic E-state index is 0.0207. The topological polar surface area (TPSA) is 73.6 Å². The molecule has 5 nitrogen and oxygen atoms in total. The van der Waals surface area contributed by atoms with Crippen molar-refractivity contribution in [3.05, 3.63) is 23.8 Å². The Hall–Kier alpha value is -1.75. The Morgan fingerprint density at radius 3 is 2.50 bits per heavy atom. The summed E-state index contributed by atoms with van der Waals surface area (Å²) in [5, 5.41) is 2.97. The van der Waals surface area contributed by atoms with Gasteiger partial charge in [-0.25, -0.2) is 0 Å². The summed E-state index contributed by atoms with van der Waals surface area (Å²) in [6, 6.07) is 5.79. The third-order valence-corrected chi connectivity index (χ3v) is 4.35. The molecular weight excluding hydrogens is 280 g/mol. The van der Waals surface area contributed by atoms with Crippen molar-refractivity contribution in [1.29, 1.82) is 0 Å². The van der Waals surface area contributed by atoms with Crippen molar-refractivity contribution in [3.8, 4) is 11.5 Å². The molecule has 0 aliphatic heterocycles. The third-order valence-electron chi connectivity index (χ3n) is 4.35. The highest BCUT2D eigenvalue weighted by molar-refractivity contribution is 5.86. The van der Waals surface area contributed by atoms with Crippen LogP contribution in [0.25, 0.3) is 0 Å². The third kappa shape index (κ3) is 3.91. The zero-order valence-electron chi connectivity index (χ0n) is 13.5. The number of hydrogen-bond donors (Lipinski definition) is 2. The van der Waals surface area contributed by atoms with Crippen LogP contribution in [0.15, 0.2) is 18.2 Å². The van der Waals surface area contributed by atoms with Crippen LogP contribution < -0.4 is 20.5 Å². The maximum absolute atomic E-state index is 12.3. The largest absolute Gasteiger partial charge is 0.493 e. The number of hydrogen-bond acceptors (Lipinski definition) is 4. The Bertz CT molecular complexity index is 511. The Morgan fingerprint density at radius 1 is 1.18 bits per heavy atom. The van der Waals surface area contributed by atoms with E-state index in [1.165, 1.54) is 6.42 Å². The smallest absolute Gasteiger partial charge is 0.240 e. The molecule has 5 heteroatoms. The number of benzene rings is 1. The Labute approximate surface area is 132 Å². The lowest BCUT2D eigenvalue weighted by atomic mass is 9.82. The Morgan fingerprint density at radius 2 is 1.86 bits per heavy atom. The maximum Gasteiger partial charge on any atom is 0.240 e. The summed E-state index contributed by atoms with van der Waals surface area (Å²) in [5.41, 5.74) is 6.64. The van der Waals surface area contributed by atoms with Gasteiger partial charge in [-0.2, -0.15) is 0 Å². The summed E-state index contributed by atoms with van der Waals surface area (Å²) in [6.45, 7) is 0.577. The molecule has 0 heterocycles. The predicted octanol–water partition coefficient (Wildman–Crippen LogP) is 2.02. The molecule has 2 rings (SSSR count). The van der Waals surface area contributed by atoms with Gasteiger partial charge in [-0.05, 0) is 37.0 Å². The molecular formula is C17H26N2O3. The first kappa shape index (κ1) is 16.6. The Kier molecular flexibility index (Phi) is 5.66. The van der Waals surface area contributed by atoms with Crippen molar-refractivity contribution in [2.45, 2.75) is 44.1 Å². The van der Waals surface area contributed by atoms with Gasteiger partial charge in [0, 0.05) is 6.54 Å². The van der Waals surface area contributed by atoms with E-state index in [4.69, 9.17) is 15.2 Å². The van der Waals surface area contributed by atoms with Gasteiger partial charge in [0.2, 0.25) is 5.91 Å². The number of methoxy groups -OCH3 is 2. The molecule has 1 fully saturated rings. The van der Waals surface area contributed by atoms with Crippen LogP contribution in [-0.4, -0.2) is 32.2 Å². The number of carbonyl (C=O) groups is 1. The van der Waals surface area contributed by atoms with Crippen LogP contribution in [0.1, 0.15) is 37.7 Å². The van der Waals surface area contributed by atoms with Crippen LogP contribution >= 0.6 is 0 Å². The number of carbonyl (C=O) groups excluding carboxylic acids is 1. The van der Waals surface area contributed by atoms with Crippen molar-refractivity contribution >= 4 is 5.91 Å². The normalized spacial score (nSPS) is 16.9. The lowest BCUT2D eigenvalue weighted by molar-refractivity contribution is -0.127. The summed E-state index contributed by atoms with van der Waals surface area (Å²) in [5.74, 6) is 1.39. The minimum atomic E-state index is -0.671. The second-order valence-electron chi connectivity index (χ2n) is 5.91. The second-order valence-corrected chi connectivity index (χ2v) is 5.91. The lowest BCUT2D eigenvalue weighted by Crippen LogP contribution is -2.55. The highest BCUT2D eigenvalue weighted by Crippen LogP contribution is 2.28. The second kappa shape index (κ2) is 7.49. The Balaban J connectivity index is 1.87. The molecule has 122 valence electrons. The summed E-state index contributed by atoms with van der Waals surface area (Å²) in [4.78, 5) is 12.3. The quantitative estimate of drug-likeness (QED) is 0.843. The number of rotatable bonds is 6. The lowest BCUT2D eigenvalue weighted by Gasteiger charge is -2.31. The molecule has 0 spiro atoms. The average Bonchev–Trinajstić information content (AvgIpc) is 2.55. The summed E-state index contributed by atoms with van der Waals surface area (Å²) < 4.78 is 10.5. The highest BCUT2D eigenvalue weighted by atomic mass is 16.5. The van der Waals surface area contributed by atoms with Crippen LogP contribution in [-0.2, 0) is 11.2 Å². The fourth-order valence-corrected chi connectivity index (χ4v) is 2.94. The van der Waals surface area contributed by atoms with E-state index in [0.29, 0.717) is 18.0 Å². The fraction of sp³-hybridized carbons (Fsp3) is 0.588. The van der Waals surface area contributed by atoms with Gasteiger partial charge in [-0.1, -0.05) is 25.3 Å². The van der Waals surface area contributed by atoms with Crippen molar-refractivity contribution in [3.63, 3.8) is 0 Å². The van der Waals surface area contributed by atoms with Crippen LogP contribution in [0.2, 0.25) is 0 Å². The van der Waals surface area contributed by atoms with E-state index < -0.39 is 5.54 Å². The zero-order valence-corrected chi connectivity index (χ0v) is 13.5. The number of nitrogens with two attached hydrogens (primary N) is 1. The molecule has 1 aliphatic rings. The molecule has 22 heavy (non-hydrogen) atoms.